The molecule has 4 nitrogen and oxygen atoms in total. The number of hydrogen-bond donors (Lipinski definition) is 2. The van der Waals surface area contributed by atoms with Crippen LogP contribution in [0.1, 0.15) is 24.5 Å². The molecule has 1 aromatic carbocycles. The van der Waals surface area contributed by atoms with E-state index in [-0.39, 0.29) is 24.0 Å². The van der Waals surface area contributed by atoms with Gasteiger partial charge in [0.25, 0.3) is 0 Å². The summed E-state index contributed by atoms with van der Waals surface area (Å²) in [5.74, 6) is 0.862. The van der Waals surface area contributed by atoms with Crippen molar-refractivity contribution < 1.29 is 4.74 Å². The molecule has 1 aromatic rings. The number of aliphatic imine (C=N–C) groups is 1. The maximum absolute atomic E-state index is 5.05. The molecule has 0 radical (unpaired) electrons. The van der Waals surface area contributed by atoms with Crippen molar-refractivity contribution >= 4 is 41.7 Å². The summed E-state index contributed by atoms with van der Waals surface area (Å²) >= 11 is 1.77. The van der Waals surface area contributed by atoms with Gasteiger partial charge in [-0.15, -0.1) is 35.7 Å². The molecule has 0 aliphatic heterocycles. The number of aryl methyl sites for hydroxylation is 1. The number of nitrogens with one attached hydrogen (secondary N) is 2. The van der Waals surface area contributed by atoms with E-state index in [1.54, 1.807) is 18.9 Å². The van der Waals surface area contributed by atoms with Gasteiger partial charge >= 0.3 is 0 Å². The molecule has 2 N–H and O–H groups in total. The number of ether oxygens (including phenoxy) is 1. The van der Waals surface area contributed by atoms with E-state index in [0.717, 1.165) is 32.1 Å². The van der Waals surface area contributed by atoms with E-state index in [4.69, 9.17) is 4.74 Å². The van der Waals surface area contributed by atoms with Gasteiger partial charge in [-0.05, 0) is 43.7 Å². The molecule has 0 spiro atoms. The molecule has 0 saturated heterocycles. The lowest BCUT2D eigenvalue weighted by molar-refractivity contribution is 0.195. The summed E-state index contributed by atoms with van der Waals surface area (Å²) in [5.41, 5.74) is 2.55. The zero-order valence-corrected chi connectivity index (χ0v) is 17.1. The van der Waals surface area contributed by atoms with Gasteiger partial charge in [-0.25, -0.2) is 4.99 Å². The lowest BCUT2D eigenvalue weighted by atomic mass is 10.1. The molecule has 0 saturated carbocycles. The van der Waals surface area contributed by atoms with E-state index in [1.807, 2.05) is 0 Å². The lowest BCUT2D eigenvalue weighted by Crippen LogP contribution is -2.38. The SMILES string of the molecule is CCNC(=NCc1ccc(C)cc1SC)NCCCOC.I. The number of methoxy groups -OCH3 is 1. The molecule has 0 fully saturated rings. The molecule has 0 amide bonds. The molecule has 0 aliphatic carbocycles. The minimum Gasteiger partial charge on any atom is -0.385 e. The third-order valence-electron chi connectivity index (χ3n) is 3.01. The van der Waals surface area contributed by atoms with Crippen molar-refractivity contribution in [2.24, 2.45) is 4.99 Å². The molecule has 0 unspecified atom stereocenters. The number of benzene rings is 1. The topological polar surface area (TPSA) is 45.7 Å². The summed E-state index contributed by atoms with van der Waals surface area (Å²) in [4.78, 5) is 5.96. The molecule has 1 rings (SSSR count). The van der Waals surface area contributed by atoms with Gasteiger partial charge in [-0.3, -0.25) is 0 Å². The molecule has 0 bridgehead atoms. The predicted molar refractivity (Wildman–Crippen MR) is 108 cm³/mol. The summed E-state index contributed by atoms with van der Waals surface area (Å²) in [6.45, 7) is 7.37. The number of nitrogens with zero attached hydrogens (tertiary/aromatic N) is 1. The Morgan fingerprint density at radius 2 is 2.09 bits per heavy atom. The van der Waals surface area contributed by atoms with E-state index >= 15 is 0 Å². The second kappa shape index (κ2) is 13.0. The van der Waals surface area contributed by atoms with Crippen LogP contribution in [0.25, 0.3) is 0 Å². The Morgan fingerprint density at radius 3 is 2.73 bits per heavy atom. The predicted octanol–water partition coefficient (Wildman–Crippen LogP) is 3.43. The van der Waals surface area contributed by atoms with Crippen molar-refractivity contribution in [3.63, 3.8) is 0 Å². The van der Waals surface area contributed by atoms with Crippen LogP contribution >= 0.6 is 35.7 Å². The number of hydrogen-bond acceptors (Lipinski definition) is 3. The summed E-state index contributed by atoms with van der Waals surface area (Å²) < 4.78 is 5.05. The quantitative estimate of drug-likeness (QED) is 0.215. The van der Waals surface area contributed by atoms with Gasteiger partial charge in [0.2, 0.25) is 0 Å². The third-order valence-corrected chi connectivity index (χ3v) is 3.83. The van der Waals surface area contributed by atoms with E-state index in [2.05, 4.69) is 53.9 Å². The van der Waals surface area contributed by atoms with E-state index in [1.165, 1.54) is 16.0 Å². The maximum atomic E-state index is 5.05. The monoisotopic (exact) mass is 437 g/mol. The highest BCUT2D eigenvalue weighted by atomic mass is 127. The standard InChI is InChI=1S/C16H27N3OS.HI/c1-5-17-16(18-9-6-10-20-3)19-12-14-8-7-13(2)11-15(14)21-4;/h7-8,11H,5-6,9-10,12H2,1-4H3,(H2,17,18,19);1H. The van der Waals surface area contributed by atoms with Crippen molar-refractivity contribution in [3.05, 3.63) is 29.3 Å². The van der Waals surface area contributed by atoms with Crippen molar-refractivity contribution in [2.45, 2.75) is 31.7 Å². The minimum atomic E-state index is 0. The van der Waals surface area contributed by atoms with Crippen LogP contribution in [0.2, 0.25) is 0 Å². The van der Waals surface area contributed by atoms with Crippen LogP contribution < -0.4 is 10.6 Å². The molecule has 22 heavy (non-hydrogen) atoms. The largest absolute Gasteiger partial charge is 0.385 e. The number of thioether (sulfide) groups is 1. The number of rotatable bonds is 8. The molecule has 126 valence electrons. The zero-order chi connectivity index (χ0) is 15.5. The first-order chi connectivity index (χ1) is 10.2. The average molecular weight is 437 g/mol. The van der Waals surface area contributed by atoms with Gasteiger partial charge in [0, 0.05) is 31.7 Å². The van der Waals surface area contributed by atoms with Crippen LogP contribution in [0, 0.1) is 6.92 Å². The summed E-state index contributed by atoms with van der Waals surface area (Å²) in [5, 5.41) is 6.60. The second-order valence-corrected chi connectivity index (χ2v) is 5.63. The van der Waals surface area contributed by atoms with Gasteiger partial charge in [-0.2, -0.15) is 0 Å². The van der Waals surface area contributed by atoms with E-state index < -0.39 is 0 Å². The van der Waals surface area contributed by atoms with Crippen molar-refractivity contribution in [3.8, 4) is 0 Å². The first-order valence-electron chi connectivity index (χ1n) is 7.35. The van der Waals surface area contributed by atoms with Gasteiger partial charge in [0.05, 0.1) is 6.54 Å². The van der Waals surface area contributed by atoms with Crippen LogP contribution in [0.15, 0.2) is 28.1 Å². The second-order valence-electron chi connectivity index (χ2n) is 4.78. The van der Waals surface area contributed by atoms with Gasteiger partial charge < -0.3 is 15.4 Å². The van der Waals surface area contributed by atoms with Gasteiger partial charge in [0.15, 0.2) is 5.96 Å². The summed E-state index contributed by atoms with van der Waals surface area (Å²) in [7, 11) is 1.72. The van der Waals surface area contributed by atoms with Crippen LogP contribution in [0.4, 0.5) is 0 Å². The Hall–Kier alpha value is -0.470. The third kappa shape index (κ3) is 8.24. The fraction of sp³-hybridized carbons (Fsp3) is 0.562. The molecule has 0 atom stereocenters. The molecule has 0 heterocycles. The van der Waals surface area contributed by atoms with Crippen molar-refractivity contribution in [2.75, 3.05) is 33.1 Å². The van der Waals surface area contributed by atoms with Gasteiger partial charge in [-0.1, -0.05) is 12.1 Å². The molecular weight excluding hydrogens is 409 g/mol. The number of halogens is 1. The van der Waals surface area contributed by atoms with Crippen molar-refractivity contribution in [1.82, 2.24) is 10.6 Å². The minimum absolute atomic E-state index is 0. The fourth-order valence-electron chi connectivity index (χ4n) is 1.91. The normalized spacial score (nSPS) is 11.0. The Labute approximate surface area is 155 Å². The Kier molecular flexibility index (Phi) is 12.7. The highest BCUT2D eigenvalue weighted by molar-refractivity contribution is 14.0. The first-order valence-corrected chi connectivity index (χ1v) is 8.58. The Balaban J connectivity index is 0.00000441. The highest BCUT2D eigenvalue weighted by Gasteiger charge is 2.02. The smallest absolute Gasteiger partial charge is 0.191 e. The molecule has 6 heteroatoms. The van der Waals surface area contributed by atoms with Crippen molar-refractivity contribution in [1.29, 1.82) is 0 Å². The fourth-order valence-corrected chi connectivity index (χ4v) is 2.61. The summed E-state index contributed by atoms with van der Waals surface area (Å²) in [6, 6.07) is 6.52. The number of guanidine groups is 1. The van der Waals surface area contributed by atoms with Crippen LogP contribution in [-0.2, 0) is 11.3 Å². The molecule has 0 aromatic heterocycles. The molecule has 0 aliphatic rings. The van der Waals surface area contributed by atoms with Crippen LogP contribution in [0.5, 0.6) is 0 Å². The zero-order valence-electron chi connectivity index (χ0n) is 13.9. The van der Waals surface area contributed by atoms with Crippen LogP contribution in [-0.4, -0.2) is 39.0 Å². The van der Waals surface area contributed by atoms with E-state index in [9.17, 15) is 0 Å². The van der Waals surface area contributed by atoms with E-state index in [0.29, 0.717) is 6.54 Å². The molecular formula is C16H28IN3OS. The highest BCUT2D eigenvalue weighted by Crippen LogP contribution is 2.22. The lowest BCUT2D eigenvalue weighted by Gasteiger charge is -2.12. The Morgan fingerprint density at radius 1 is 1.32 bits per heavy atom. The maximum Gasteiger partial charge on any atom is 0.191 e. The summed E-state index contributed by atoms with van der Waals surface area (Å²) in [6.07, 6.45) is 3.08. The average Bonchev–Trinajstić information content (AvgIpc) is 2.49. The van der Waals surface area contributed by atoms with Gasteiger partial charge in [0.1, 0.15) is 0 Å². The first kappa shape index (κ1) is 21.5. The van der Waals surface area contributed by atoms with Crippen LogP contribution in [0.3, 0.4) is 0 Å². The Bertz CT molecular complexity index is 455.